The Bertz CT molecular complexity index is 1010. The molecule has 0 aromatic carbocycles. The fraction of sp³-hybridized carbons (Fsp3) is 0.500. The van der Waals surface area contributed by atoms with Crippen molar-refractivity contribution in [2.45, 2.75) is 46.6 Å². The van der Waals surface area contributed by atoms with E-state index in [1.165, 1.54) is 12.3 Å². The highest BCUT2D eigenvalue weighted by Crippen LogP contribution is 2.19. The molecule has 3 aromatic rings. The summed E-state index contributed by atoms with van der Waals surface area (Å²) in [4.78, 5) is 29.0. The molecule has 150 valence electrons. The number of nitrogens with one attached hydrogen (secondary N) is 1. The van der Waals surface area contributed by atoms with E-state index in [2.05, 4.69) is 35.8 Å². The first-order valence-corrected chi connectivity index (χ1v) is 9.50. The van der Waals surface area contributed by atoms with Gasteiger partial charge in [-0.3, -0.25) is 13.9 Å². The Morgan fingerprint density at radius 2 is 2.00 bits per heavy atom. The van der Waals surface area contributed by atoms with Crippen molar-refractivity contribution in [2.75, 3.05) is 6.54 Å². The maximum atomic E-state index is 12.6. The van der Waals surface area contributed by atoms with E-state index in [4.69, 9.17) is 4.98 Å². The monoisotopic (exact) mass is 385 g/mol. The maximum Gasteiger partial charge on any atom is 0.330 e. The normalized spacial score (nSPS) is 11.9. The molecule has 0 radical (unpaired) electrons. The molecule has 0 fully saturated rings. The molecular formula is C20H27N5O3. The fourth-order valence-electron chi connectivity index (χ4n) is 3.13. The van der Waals surface area contributed by atoms with E-state index in [-0.39, 0.29) is 22.7 Å². The Morgan fingerprint density at radius 3 is 2.68 bits per heavy atom. The average molecular weight is 385 g/mol. The molecule has 0 aliphatic heterocycles. The number of carbonyl (C=O) groups is 1. The lowest BCUT2D eigenvalue weighted by Gasteiger charge is -2.18. The average Bonchev–Trinajstić information content (AvgIpc) is 3.25. The Labute approximate surface area is 163 Å². The van der Waals surface area contributed by atoms with Crippen LogP contribution in [0.25, 0.3) is 11.2 Å². The van der Waals surface area contributed by atoms with Crippen molar-refractivity contribution in [3.8, 4) is 0 Å². The van der Waals surface area contributed by atoms with E-state index < -0.39 is 0 Å². The number of carbonyl (C=O) groups excluding carboxylic acids is 1. The summed E-state index contributed by atoms with van der Waals surface area (Å²) in [6.45, 7) is 7.55. The summed E-state index contributed by atoms with van der Waals surface area (Å²) in [7, 11) is 1.76. The minimum Gasteiger partial charge on any atom is -0.364 e. The lowest BCUT2D eigenvalue weighted by atomic mass is 9.97. The van der Waals surface area contributed by atoms with E-state index in [1.54, 1.807) is 16.2 Å². The molecule has 0 aliphatic rings. The van der Waals surface area contributed by atoms with Gasteiger partial charge in [0.05, 0.1) is 5.52 Å². The van der Waals surface area contributed by atoms with Crippen LogP contribution in [0.1, 0.15) is 49.8 Å². The van der Waals surface area contributed by atoms with Crippen LogP contribution in [0.2, 0.25) is 0 Å². The zero-order chi connectivity index (χ0) is 20.3. The minimum atomic E-state index is -0.233. The smallest absolute Gasteiger partial charge is 0.330 e. The van der Waals surface area contributed by atoms with Crippen molar-refractivity contribution in [3.05, 3.63) is 46.3 Å². The first-order valence-electron chi connectivity index (χ1n) is 9.50. The summed E-state index contributed by atoms with van der Waals surface area (Å²) in [5.74, 6) is -0.233. The van der Waals surface area contributed by atoms with Gasteiger partial charge in [0.15, 0.2) is 11.3 Å². The Hall–Kier alpha value is -2.90. The highest BCUT2D eigenvalue weighted by Gasteiger charge is 2.18. The van der Waals surface area contributed by atoms with Crippen molar-refractivity contribution < 1.29 is 9.32 Å². The standard InChI is InChI=1S/C20H27N5O3/c1-20(2,3)13-25-16-9-8-14(22-17(16)24(4)19(25)27)7-5-6-11-21-18(26)15-10-12-28-23-15/h8-10,12H,5-7,11,13H2,1-4H3,(H,21,26). The molecule has 0 spiro atoms. The van der Waals surface area contributed by atoms with E-state index in [9.17, 15) is 9.59 Å². The van der Waals surface area contributed by atoms with Crippen LogP contribution in [0.5, 0.6) is 0 Å². The first kappa shape index (κ1) is 19.9. The predicted molar refractivity (Wildman–Crippen MR) is 106 cm³/mol. The number of rotatable bonds is 7. The number of hydrogen-bond acceptors (Lipinski definition) is 5. The molecule has 0 saturated heterocycles. The third-order valence-electron chi connectivity index (χ3n) is 4.49. The largest absolute Gasteiger partial charge is 0.364 e. The Kier molecular flexibility index (Phi) is 5.67. The number of pyridine rings is 1. The predicted octanol–water partition coefficient (Wildman–Crippen LogP) is 2.52. The summed E-state index contributed by atoms with van der Waals surface area (Å²) in [6, 6.07) is 5.50. The molecule has 1 amide bonds. The van der Waals surface area contributed by atoms with Crippen LogP contribution in [-0.4, -0.2) is 31.7 Å². The van der Waals surface area contributed by atoms with Gasteiger partial charge in [0, 0.05) is 31.9 Å². The lowest BCUT2D eigenvalue weighted by Crippen LogP contribution is -2.27. The molecule has 8 nitrogen and oxygen atoms in total. The summed E-state index contributed by atoms with van der Waals surface area (Å²) < 4.78 is 8.07. The summed E-state index contributed by atoms with van der Waals surface area (Å²) in [5, 5.41) is 6.42. The van der Waals surface area contributed by atoms with E-state index in [0.717, 1.165) is 30.5 Å². The van der Waals surface area contributed by atoms with E-state index in [0.29, 0.717) is 18.7 Å². The fourth-order valence-corrected chi connectivity index (χ4v) is 3.13. The molecule has 8 heteroatoms. The number of nitrogens with zero attached hydrogens (tertiary/aromatic N) is 4. The molecule has 1 N–H and O–H groups in total. The molecule has 3 aromatic heterocycles. The summed E-state index contributed by atoms with van der Waals surface area (Å²) in [6.07, 6.45) is 3.87. The Balaban J connectivity index is 1.59. The molecule has 0 atom stereocenters. The van der Waals surface area contributed by atoms with Gasteiger partial charge in [-0.25, -0.2) is 9.78 Å². The van der Waals surface area contributed by atoms with Crippen molar-refractivity contribution >= 4 is 17.1 Å². The van der Waals surface area contributed by atoms with Crippen LogP contribution >= 0.6 is 0 Å². The number of unbranched alkanes of at least 4 members (excludes halogenated alkanes) is 1. The van der Waals surface area contributed by atoms with Gasteiger partial charge in [0.2, 0.25) is 0 Å². The van der Waals surface area contributed by atoms with Crippen molar-refractivity contribution in [3.63, 3.8) is 0 Å². The van der Waals surface area contributed by atoms with Gasteiger partial charge in [-0.15, -0.1) is 0 Å². The molecule has 0 unspecified atom stereocenters. The maximum absolute atomic E-state index is 12.6. The van der Waals surface area contributed by atoms with Crippen molar-refractivity contribution in [2.24, 2.45) is 12.5 Å². The quantitative estimate of drug-likeness (QED) is 0.631. The Morgan fingerprint density at radius 1 is 1.21 bits per heavy atom. The number of amides is 1. The minimum absolute atomic E-state index is 0.00714. The first-order chi connectivity index (χ1) is 13.3. The van der Waals surface area contributed by atoms with E-state index in [1.807, 2.05) is 12.1 Å². The highest BCUT2D eigenvalue weighted by atomic mass is 16.5. The van der Waals surface area contributed by atoms with Crippen LogP contribution in [-0.2, 0) is 20.0 Å². The second kappa shape index (κ2) is 8.00. The number of aryl methyl sites for hydroxylation is 2. The van der Waals surface area contributed by atoms with Gasteiger partial charge in [-0.1, -0.05) is 25.9 Å². The van der Waals surface area contributed by atoms with Crippen molar-refractivity contribution in [1.29, 1.82) is 0 Å². The molecule has 3 heterocycles. The molecule has 0 bridgehead atoms. The number of fused-ring (bicyclic) bond motifs is 1. The second-order valence-corrected chi connectivity index (χ2v) is 8.23. The summed E-state index contributed by atoms with van der Waals surface area (Å²) in [5.41, 5.74) is 2.78. The SMILES string of the molecule is Cn1c(=O)n(CC(C)(C)C)c2ccc(CCCCNC(=O)c3ccon3)nc21. The van der Waals surface area contributed by atoms with Crippen LogP contribution < -0.4 is 11.0 Å². The van der Waals surface area contributed by atoms with Gasteiger partial charge in [-0.2, -0.15) is 0 Å². The van der Waals surface area contributed by atoms with Crippen LogP contribution in [0, 0.1) is 5.41 Å². The zero-order valence-corrected chi connectivity index (χ0v) is 16.9. The van der Waals surface area contributed by atoms with Gasteiger partial charge < -0.3 is 9.84 Å². The second-order valence-electron chi connectivity index (χ2n) is 8.23. The van der Waals surface area contributed by atoms with Crippen molar-refractivity contribution in [1.82, 2.24) is 24.6 Å². The third-order valence-corrected chi connectivity index (χ3v) is 4.49. The number of hydrogen-bond donors (Lipinski definition) is 1. The molecule has 28 heavy (non-hydrogen) atoms. The van der Waals surface area contributed by atoms with Crippen LogP contribution in [0.15, 0.2) is 33.8 Å². The van der Waals surface area contributed by atoms with Gasteiger partial charge in [-0.05, 0) is 36.8 Å². The number of imidazole rings is 1. The lowest BCUT2D eigenvalue weighted by molar-refractivity contribution is 0.0944. The van der Waals surface area contributed by atoms with Crippen LogP contribution in [0.3, 0.4) is 0 Å². The highest BCUT2D eigenvalue weighted by molar-refractivity contribution is 5.91. The van der Waals surface area contributed by atoms with E-state index >= 15 is 0 Å². The summed E-state index contributed by atoms with van der Waals surface area (Å²) >= 11 is 0. The molecule has 0 aliphatic carbocycles. The van der Waals surface area contributed by atoms with Gasteiger partial charge in [0.1, 0.15) is 6.26 Å². The topological polar surface area (TPSA) is 95.0 Å². The molecule has 3 rings (SSSR count). The molecule has 0 saturated carbocycles. The molecular weight excluding hydrogens is 358 g/mol. The van der Waals surface area contributed by atoms with Gasteiger partial charge in [0.25, 0.3) is 5.91 Å². The van der Waals surface area contributed by atoms with Gasteiger partial charge >= 0.3 is 5.69 Å². The third kappa shape index (κ3) is 4.49. The van der Waals surface area contributed by atoms with Crippen LogP contribution in [0.4, 0.5) is 0 Å². The zero-order valence-electron chi connectivity index (χ0n) is 16.9. The number of aromatic nitrogens is 4.